The van der Waals surface area contributed by atoms with E-state index in [0.717, 1.165) is 50.4 Å². The summed E-state index contributed by atoms with van der Waals surface area (Å²) in [5.41, 5.74) is -0.408. The normalized spacial score (nSPS) is 38.6. The third-order valence-electron chi connectivity index (χ3n) is 18.7. The number of rotatable bonds is 12. The summed E-state index contributed by atoms with van der Waals surface area (Å²) >= 11 is 0. The van der Waals surface area contributed by atoms with Crippen LogP contribution in [0.4, 0.5) is 18.0 Å². The number of aliphatic hydroxyl groups excluding tert-OH is 1. The Hall–Kier alpha value is -2.74. The van der Waals surface area contributed by atoms with E-state index in [4.69, 9.17) is 52.5 Å². The van der Waals surface area contributed by atoms with E-state index in [-0.39, 0.29) is 136 Å². The van der Waals surface area contributed by atoms with Gasteiger partial charge < -0.3 is 57.2 Å². The van der Waals surface area contributed by atoms with Crippen LogP contribution in [0, 0.1) is 96.8 Å². The number of hydrogen-bond acceptors (Lipinski definition) is 16. The van der Waals surface area contributed by atoms with Crippen molar-refractivity contribution in [2.75, 3.05) is 40.1 Å². The average molecular weight is 1430 g/mol. The summed E-state index contributed by atoms with van der Waals surface area (Å²) in [5.74, 6) is 2.97. The van der Waals surface area contributed by atoms with Crippen molar-refractivity contribution in [3.8, 4) is 0 Å². The predicted molar refractivity (Wildman–Crippen MR) is 307 cm³/mol. The summed E-state index contributed by atoms with van der Waals surface area (Å²) < 4.78 is 97.3. The van der Waals surface area contributed by atoms with E-state index >= 15 is 0 Å². The number of ether oxygens (including phenoxy) is 12. The van der Waals surface area contributed by atoms with Gasteiger partial charge in [-0.05, 0) is 90.4 Å². The molecule has 15 aliphatic rings. The van der Waals surface area contributed by atoms with Gasteiger partial charge in [-0.2, -0.15) is 0 Å². The Kier molecular flexibility index (Phi) is 26.1. The first kappa shape index (κ1) is 69.2. The fourth-order valence-electron chi connectivity index (χ4n) is 13.6. The zero-order valence-corrected chi connectivity index (χ0v) is 55.7. The Bertz CT molecular complexity index is 2320. The van der Waals surface area contributed by atoms with Gasteiger partial charge >= 0.3 is 24.5 Å². The van der Waals surface area contributed by atoms with Gasteiger partial charge in [0.2, 0.25) is 0 Å². The summed E-state index contributed by atoms with van der Waals surface area (Å²) in [6.07, 6.45) is 42.8. The number of esters is 2. The van der Waals surface area contributed by atoms with Gasteiger partial charge in [0.1, 0.15) is 6.61 Å². The maximum atomic E-state index is 11.9. The van der Waals surface area contributed by atoms with Crippen molar-refractivity contribution >= 4 is 18.1 Å². The summed E-state index contributed by atoms with van der Waals surface area (Å²) in [5, 5.41) is 8.77. The van der Waals surface area contributed by atoms with Gasteiger partial charge in [-0.15, -0.1) is 13.2 Å². The van der Waals surface area contributed by atoms with E-state index in [2.05, 4.69) is 90.2 Å². The van der Waals surface area contributed by atoms with Crippen molar-refractivity contribution in [3.63, 3.8) is 0 Å². The summed E-state index contributed by atoms with van der Waals surface area (Å²) in [4.78, 5) is 34.1. The summed E-state index contributed by atoms with van der Waals surface area (Å²) in [6.45, 7) is 11.5. The molecule has 86 heavy (non-hydrogen) atoms. The van der Waals surface area contributed by atoms with Crippen LogP contribution in [0.15, 0.2) is 85.1 Å². The molecule has 477 valence electrons. The number of carbonyl (C=O) groups is 3. The topological polar surface area (TPSA) is 182 Å². The van der Waals surface area contributed by atoms with Crippen LogP contribution in [0.5, 0.6) is 0 Å². The molecule has 14 heterocycles. The van der Waals surface area contributed by atoms with Gasteiger partial charge in [-0.25, -0.2) is 4.79 Å². The van der Waals surface area contributed by atoms with Crippen molar-refractivity contribution in [2.24, 2.45) is 52.8 Å². The van der Waals surface area contributed by atoms with Crippen molar-refractivity contribution in [1.29, 1.82) is 0 Å². The maximum Gasteiger partial charge on any atom is 0.522 e. The molecule has 21 unspecified atom stereocenters. The standard InChI is InChI=1S/C14H20O3.C12H18O3.C9H12O4.C8H9F3O2.2C8H12O.C7H10O2.Ac/c15-14(10-4-2-1-3-5-10)16-9-11-8-12-6-7-13(11)17-12;1-12(2,3)11(13)14-7-8-6-9-4-5-10(8)15-9;1-11-9(10)12-5-6-4-7-2-3-8(6)13-7;9-8(10,11)12-4-5-3-6-1-2-7(5)13-6;2*1-2-6-5-7-3-4-8(6)9-7;8-4-5-3-6-1-2-7(5)9-6;/h6-7,10-13H,1-5,8-9H2;4-5,8-10H,6-7H2,1-3H3;2-3,6-8H,4-5H2,1H3;1-2,5-7H,3-4H2;2*3-4,6-8H,2,5H2,1H3;1-2,5-8H,3-4H2;. The molecule has 21 atom stereocenters. The quantitative estimate of drug-likeness (QED) is 0.111. The van der Waals surface area contributed by atoms with Crippen LogP contribution in [0.1, 0.15) is 125 Å². The van der Waals surface area contributed by atoms with Crippen molar-refractivity contribution in [3.05, 3.63) is 85.1 Å². The second-order valence-corrected chi connectivity index (χ2v) is 26.0. The number of methoxy groups -OCH3 is 1. The van der Waals surface area contributed by atoms with E-state index < -0.39 is 17.9 Å². The van der Waals surface area contributed by atoms with Crippen LogP contribution in [0.25, 0.3) is 0 Å². The molecule has 0 aromatic rings. The van der Waals surface area contributed by atoms with Gasteiger partial charge in [0.05, 0.1) is 124 Å². The van der Waals surface area contributed by atoms with Crippen molar-refractivity contribution < 1.29 is 134 Å². The number of carbonyl (C=O) groups excluding carboxylic acids is 3. The number of fused-ring (bicyclic) bond motifs is 14. The maximum absolute atomic E-state index is 11.9. The Balaban J connectivity index is 0.000000132. The zero-order chi connectivity index (χ0) is 60.3. The molecular formula is C66H93AcF3O16. The summed E-state index contributed by atoms with van der Waals surface area (Å²) in [6, 6.07) is 0. The van der Waals surface area contributed by atoms with Crippen molar-refractivity contribution in [1.82, 2.24) is 0 Å². The minimum absolute atomic E-state index is 0. The monoisotopic (exact) mass is 1430 g/mol. The van der Waals surface area contributed by atoms with E-state index in [1.54, 1.807) is 6.08 Å². The first-order chi connectivity index (χ1) is 40.8. The second kappa shape index (κ2) is 32.5. The minimum Gasteiger partial charge on any atom is -0.465 e. The molecule has 7 saturated heterocycles. The molecule has 14 bridgehead atoms. The zero-order valence-electron chi connectivity index (χ0n) is 51.0. The van der Waals surface area contributed by atoms with E-state index in [9.17, 15) is 27.6 Å². The largest absolute Gasteiger partial charge is 0.522 e. The van der Waals surface area contributed by atoms with Crippen LogP contribution in [0.3, 0.4) is 0 Å². The molecule has 8 fully saturated rings. The molecule has 0 amide bonds. The first-order valence-corrected chi connectivity index (χ1v) is 31.6. The van der Waals surface area contributed by atoms with Gasteiger partial charge in [0.15, 0.2) is 0 Å². The first-order valence-electron chi connectivity index (χ1n) is 31.6. The number of hydrogen-bond donors (Lipinski definition) is 1. The molecule has 14 aliphatic heterocycles. The van der Waals surface area contributed by atoms with Crippen molar-refractivity contribution in [2.45, 2.75) is 216 Å². The predicted octanol–water partition coefficient (Wildman–Crippen LogP) is 11.2. The van der Waals surface area contributed by atoms with Gasteiger partial charge in [0, 0.05) is 80.3 Å². The Morgan fingerprint density at radius 2 is 0.767 bits per heavy atom. The smallest absolute Gasteiger partial charge is 0.465 e. The fraction of sp³-hybridized carbons (Fsp3) is 0.742. The van der Waals surface area contributed by atoms with Crippen LogP contribution in [0.2, 0.25) is 0 Å². The average Bonchev–Trinajstić information content (AvgIpc) is 4.47. The fourth-order valence-corrected chi connectivity index (χ4v) is 13.6. The molecule has 0 spiro atoms. The minimum atomic E-state index is -4.52. The molecule has 1 saturated carbocycles. The Morgan fingerprint density at radius 1 is 0.453 bits per heavy atom. The van der Waals surface area contributed by atoms with Crippen LogP contribution >= 0.6 is 0 Å². The molecule has 16 nitrogen and oxygen atoms in total. The molecule has 0 aromatic carbocycles. The third-order valence-corrected chi connectivity index (χ3v) is 18.7. The molecule has 1 aliphatic carbocycles. The molecule has 0 aromatic heterocycles. The number of halogens is 3. The van der Waals surface area contributed by atoms with Gasteiger partial charge in [0.25, 0.3) is 0 Å². The van der Waals surface area contributed by atoms with Gasteiger partial charge in [-0.1, -0.05) is 131 Å². The second-order valence-electron chi connectivity index (χ2n) is 26.0. The molecular weight excluding hydrogens is 1330 g/mol. The van der Waals surface area contributed by atoms with Crippen LogP contribution in [-0.2, 0) is 66.4 Å². The number of aliphatic hydroxyl groups is 1. The van der Waals surface area contributed by atoms with Crippen LogP contribution < -0.4 is 0 Å². The SMILES string of the molecule is CC(C)(C)C(=O)OCC1CC2C=CC1O2.CCC1CC2C=CC1O2.CCC1CC2C=CC1O2.COC(=O)OCC1CC2C=CC1O2.FC(F)(F)OCC1CC2C=CC1O2.O=C(OCC1CC2C=CC1O2)C1CCCCC1.OCC1CC2C=CC1O2.[Ac]. The Labute approximate surface area is 542 Å². The molecule has 1 radical (unpaired) electrons. The third kappa shape index (κ3) is 19.6. The molecule has 20 heteroatoms. The van der Waals surface area contributed by atoms with Gasteiger partial charge in [-0.3, -0.25) is 14.3 Å². The summed E-state index contributed by atoms with van der Waals surface area (Å²) in [7, 11) is 1.31. The number of alkyl halides is 3. The molecule has 1 N–H and O–H groups in total. The van der Waals surface area contributed by atoms with E-state index in [1.807, 2.05) is 32.9 Å². The van der Waals surface area contributed by atoms with E-state index in [1.165, 1.54) is 52.1 Å². The van der Waals surface area contributed by atoms with Crippen LogP contribution in [-0.4, -0.2) is 155 Å². The van der Waals surface area contributed by atoms with E-state index in [0.29, 0.717) is 80.4 Å². The molecule has 15 rings (SSSR count). The Morgan fingerprint density at radius 3 is 1.02 bits per heavy atom.